The van der Waals surface area contributed by atoms with Gasteiger partial charge in [0.05, 0.1) is 0 Å². The number of carbonyl (C=O) groups is 1. The minimum absolute atomic E-state index is 0.150. The summed E-state index contributed by atoms with van der Waals surface area (Å²) in [4.78, 5) is 11.7. The molecule has 0 atom stereocenters. The van der Waals surface area contributed by atoms with Gasteiger partial charge in [-0.3, -0.25) is 9.48 Å². The molecule has 0 spiro atoms. The van der Waals surface area contributed by atoms with Crippen LogP contribution in [0, 0.1) is 18.3 Å². The number of hydrogen-bond donors (Lipinski definition) is 1. The molecule has 2 aromatic rings. The number of carbonyl (C=O) groups excluding carboxylic acids is 1. The second-order valence-corrected chi connectivity index (χ2v) is 3.45. The summed E-state index contributed by atoms with van der Waals surface area (Å²) in [6, 6.07) is 3.44. The van der Waals surface area contributed by atoms with Gasteiger partial charge in [0.25, 0.3) is 5.91 Å². The molecule has 0 unspecified atom stereocenters. The van der Waals surface area contributed by atoms with Crippen molar-refractivity contribution in [2.45, 2.75) is 6.92 Å². The highest BCUT2D eigenvalue weighted by Crippen LogP contribution is 2.12. The Balaban J connectivity index is 2.21. The Morgan fingerprint density at radius 3 is 3.00 bits per heavy atom. The molecule has 0 aliphatic rings. The van der Waals surface area contributed by atoms with Crippen LogP contribution in [0.3, 0.4) is 0 Å². The van der Waals surface area contributed by atoms with Gasteiger partial charge in [-0.15, -0.1) is 0 Å². The van der Waals surface area contributed by atoms with Gasteiger partial charge in [-0.1, -0.05) is 5.16 Å². The van der Waals surface area contributed by atoms with Crippen LogP contribution in [-0.2, 0) is 7.05 Å². The number of aromatic nitrogens is 3. The van der Waals surface area contributed by atoms with Gasteiger partial charge in [0, 0.05) is 19.3 Å². The number of amides is 1. The number of nitrogens with one attached hydrogen (secondary N) is 1. The lowest BCUT2D eigenvalue weighted by Crippen LogP contribution is -2.13. The van der Waals surface area contributed by atoms with Crippen LogP contribution in [-0.4, -0.2) is 20.8 Å². The Hall–Kier alpha value is -2.62. The average molecular weight is 231 g/mol. The maximum absolute atomic E-state index is 11.7. The first kappa shape index (κ1) is 10.9. The molecule has 1 N–H and O–H groups in total. The van der Waals surface area contributed by atoms with Crippen LogP contribution in [0.25, 0.3) is 0 Å². The Morgan fingerprint density at radius 1 is 1.65 bits per heavy atom. The summed E-state index contributed by atoms with van der Waals surface area (Å²) in [6.45, 7) is 1.69. The van der Waals surface area contributed by atoms with E-state index in [1.165, 1.54) is 16.9 Å². The zero-order chi connectivity index (χ0) is 12.4. The molecule has 0 radical (unpaired) electrons. The third-order valence-corrected chi connectivity index (χ3v) is 2.04. The van der Waals surface area contributed by atoms with Crippen molar-refractivity contribution in [2.75, 3.05) is 5.32 Å². The fourth-order valence-electron chi connectivity index (χ4n) is 1.31. The molecule has 2 rings (SSSR count). The lowest BCUT2D eigenvalue weighted by molar-refractivity contribution is 0.101. The zero-order valence-corrected chi connectivity index (χ0v) is 9.26. The van der Waals surface area contributed by atoms with Gasteiger partial charge in [0.2, 0.25) is 0 Å². The maximum atomic E-state index is 11.7. The van der Waals surface area contributed by atoms with E-state index in [-0.39, 0.29) is 11.5 Å². The Kier molecular flexibility index (Phi) is 2.62. The Morgan fingerprint density at radius 2 is 2.41 bits per heavy atom. The molecule has 2 aromatic heterocycles. The van der Waals surface area contributed by atoms with Gasteiger partial charge in [0.15, 0.2) is 11.5 Å². The molecular weight excluding hydrogens is 222 g/mol. The first-order valence-electron chi connectivity index (χ1n) is 4.78. The summed E-state index contributed by atoms with van der Waals surface area (Å²) < 4.78 is 6.23. The fraction of sp³-hybridized carbons (Fsp3) is 0.200. The first-order chi connectivity index (χ1) is 8.10. The summed E-state index contributed by atoms with van der Waals surface area (Å²) in [7, 11) is 1.66. The molecule has 0 fully saturated rings. The second-order valence-electron chi connectivity index (χ2n) is 3.45. The molecular formula is C10H9N5O2. The van der Waals surface area contributed by atoms with Crippen LogP contribution >= 0.6 is 0 Å². The molecule has 2 heterocycles. The minimum Gasteiger partial charge on any atom is -0.361 e. The van der Waals surface area contributed by atoms with Crippen LogP contribution in [0.15, 0.2) is 16.8 Å². The lowest BCUT2D eigenvalue weighted by Gasteiger charge is -1.97. The van der Waals surface area contributed by atoms with E-state index in [1.54, 1.807) is 14.0 Å². The van der Waals surface area contributed by atoms with E-state index in [1.807, 2.05) is 6.07 Å². The molecule has 0 saturated carbocycles. The van der Waals surface area contributed by atoms with Crippen molar-refractivity contribution < 1.29 is 9.32 Å². The summed E-state index contributed by atoms with van der Waals surface area (Å²) in [5.41, 5.74) is 0.443. The lowest BCUT2D eigenvalue weighted by atomic mass is 10.3. The normalized spacial score (nSPS) is 9.94. The average Bonchev–Trinajstić information content (AvgIpc) is 2.85. The molecule has 7 nitrogen and oxygen atoms in total. The number of nitriles is 1. The van der Waals surface area contributed by atoms with Crippen LogP contribution in [0.4, 0.5) is 5.82 Å². The van der Waals surface area contributed by atoms with Gasteiger partial charge in [0.1, 0.15) is 17.4 Å². The van der Waals surface area contributed by atoms with Crippen molar-refractivity contribution in [3.8, 4) is 6.07 Å². The maximum Gasteiger partial charge on any atom is 0.279 e. The molecule has 0 bridgehead atoms. The predicted octanol–water partition coefficient (Wildman–Crippen LogP) is 0.840. The SMILES string of the molecule is Cc1cc(C(=O)Nc2nn(C)cc2C#N)no1. The molecule has 1 amide bonds. The van der Waals surface area contributed by atoms with Crippen molar-refractivity contribution >= 4 is 11.7 Å². The summed E-state index contributed by atoms with van der Waals surface area (Å²) in [5.74, 6) is 0.286. The molecule has 0 aromatic carbocycles. The number of aryl methyl sites for hydroxylation is 2. The van der Waals surface area contributed by atoms with Crippen LogP contribution in [0.2, 0.25) is 0 Å². The van der Waals surface area contributed by atoms with Crippen LogP contribution in [0.5, 0.6) is 0 Å². The Labute approximate surface area is 96.6 Å². The largest absolute Gasteiger partial charge is 0.361 e. The summed E-state index contributed by atoms with van der Waals surface area (Å²) >= 11 is 0. The van der Waals surface area contributed by atoms with Gasteiger partial charge >= 0.3 is 0 Å². The van der Waals surface area contributed by atoms with E-state index in [2.05, 4.69) is 15.6 Å². The number of anilines is 1. The highest BCUT2D eigenvalue weighted by Gasteiger charge is 2.15. The quantitative estimate of drug-likeness (QED) is 0.825. The van der Waals surface area contributed by atoms with Gasteiger partial charge in [-0.05, 0) is 6.92 Å². The van der Waals surface area contributed by atoms with Crippen molar-refractivity contribution in [3.63, 3.8) is 0 Å². The zero-order valence-electron chi connectivity index (χ0n) is 9.26. The van der Waals surface area contributed by atoms with Crippen molar-refractivity contribution in [1.29, 1.82) is 5.26 Å². The standard InChI is InChI=1S/C10H9N5O2/c1-6-3-8(14-17-6)10(16)12-9-7(4-11)5-15(2)13-9/h3,5H,1-2H3,(H,12,13,16). The van der Waals surface area contributed by atoms with E-state index in [9.17, 15) is 4.79 Å². The number of hydrogen-bond acceptors (Lipinski definition) is 5. The molecule has 17 heavy (non-hydrogen) atoms. The third kappa shape index (κ3) is 2.15. The van der Waals surface area contributed by atoms with E-state index >= 15 is 0 Å². The number of nitrogens with zero attached hydrogens (tertiary/aromatic N) is 4. The molecule has 0 saturated heterocycles. The van der Waals surface area contributed by atoms with Crippen molar-refractivity contribution in [2.24, 2.45) is 7.05 Å². The first-order valence-corrected chi connectivity index (χ1v) is 4.78. The third-order valence-electron chi connectivity index (χ3n) is 2.04. The van der Waals surface area contributed by atoms with E-state index in [0.29, 0.717) is 11.3 Å². The molecule has 0 aliphatic carbocycles. The van der Waals surface area contributed by atoms with Crippen LogP contribution in [0.1, 0.15) is 21.8 Å². The molecule has 86 valence electrons. The van der Waals surface area contributed by atoms with Gasteiger partial charge in [-0.25, -0.2) is 0 Å². The fourth-order valence-corrected chi connectivity index (χ4v) is 1.31. The van der Waals surface area contributed by atoms with E-state index < -0.39 is 5.91 Å². The topological polar surface area (TPSA) is 96.7 Å². The summed E-state index contributed by atoms with van der Waals surface area (Å²) in [6.07, 6.45) is 1.52. The van der Waals surface area contributed by atoms with E-state index in [0.717, 1.165) is 0 Å². The highest BCUT2D eigenvalue weighted by atomic mass is 16.5. The smallest absolute Gasteiger partial charge is 0.279 e. The molecule has 7 heteroatoms. The minimum atomic E-state index is -0.461. The molecule has 0 aliphatic heterocycles. The van der Waals surface area contributed by atoms with Crippen molar-refractivity contribution in [1.82, 2.24) is 14.9 Å². The van der Waals surface area contributed by atoms with E-state index in [4.69, 9.17) is 9.78 Å². The van der Waals surface area contributed by atoms with Gasteiger partial charge < -0.3 is 9.84 Å². The summed E-state index contributed by atoms with van der Waals surface area (Å²) in [5, 5.41) is 18.9. The number of rotatable bonds is 2. The second kappa shape index (κ2) is 4.09. The van der Waals surface area contributed by atoms with Gasteiger partial charge in [-0.2, -0.15) is 10.4 Å². The van der Waals surface area contributed by atoms with Crippen molar-refractivity contribution in [3.05, 3.63) is 29.3 Å². The predicted molar refractivity (Wildman–Crippen MR) is 57.1 cm³/mol. The van der Waals surface area contributed by atoms with Crippen LogP contribution < -0.4 is 5.32 Å². The highest BCUT2D eigenvalue weighted by molar-refractivity contribution is 6.02. The Bertz CT molecular complexity index is 604. The monoisotopic (exact) mass is 231 g/mol.